The summed E-state index contributed by atoms with van der Waals surface area (Å²) in [7, 11) is -1.48. The lowest BCUT2D eigenvalue weighted by molar-refractivity contribution is 0.159. The summed E-state index contributed by atoms with van der Waals surface area (Å²) in [6, 6.07) is 0.104. The Kier molecular flexibility index (Phi) is 5.62. The van der Waals surface area contributed by atoms with E-state index < -0.39 is 10.0 Å². The van der Waals surface area contributed by atoms with Crippen LogP contribution in [0.15, 0.2) is 12.7 Å². The largest absolute Gasteiger partial charge is 0.396 e. The molecule has 0 bridgehead atoms. The van der Waals surface area contributed by atoms with Crippen LogP contribution in [0.3, 0.4) is 0 Å². The molecular weight excluding hydrogens is 238 g/mol. The highest BCUT2D eigenvalue weighted by molar-refractivity contribution is 7.89. The summed E-state index contributed by atoms with van der Waals surface area (Å²) in [6.45, 7) is 3.77. The number of hydrogen-bond acceptors (Lipinski definition) is 3. The molecule has 0 heterocycles. The van der Waals surface area contributed by atoms with Gasteiger partial charge in [-0.1, -0.05) is 6.08 Å². The van der Waals surface area contributed by atoms with Crippen LogP contribution in [0, 0.1) is 5.92 Å². The molecule has 1 aliphatic carbocycles. The summed E-state index contributed by atoms with van der Waals surface area (Å²) >= 11 is 0. The van der Waals surface area contributed by atoms with Crippen molar-refractivity contribution in [2.75, 3.05) is 19.4 Å². The van der Waals surface area contributed by atoms with Crippen molar-refractivity contribution in [2.24, 2.45) is 5.92 Å². The van der Waals surface area contributed by atoms with E-state index in [0.717, 1.165) is 25.7 Å². The van der Waals surface area contributed by atoms with Crippen LogP contribution in [0.1, 0.15) is 32.1 Å². The van der Waals surface area contributed by atoms with Crippen molar-refractivity contribution in [3.05, 3.63) is 12.7 Å². The summed E-state index contributed by atoms with van der Waals surface area (Å²) < 4.78 is 25.5. The summed E-state index contributed by atoms with van der Waals surface area (Å²) in [5.74, 6) is 0.503. The molecule has 1 aliphatic rings. The van der Waals surface area contributed by atoms with Gasteiger partial charge < -0.3 is 5.11 Å². The molecule has 0 unspecified atom stereocenters. The number of aliphatic hydroxyl groups excluding tert-OH is 1. The van der Waals surface area contributed by atoms with Crippen molar-refractivity contribution in [1.82, 2.24) is 4.31 Å². The van der Waals surface area contributed by atoms with Crippen LogP contribution in [0.25, 0.3) is 0 Å². The van der Waals surface area contributed by atoms with Gasteiger partial charge in [0.1, 0.15) is 0 Å². The molecule has 0 aromatic heterocycles. The minimum Gasteiger partial charge on any atom is -0.396 e. The van der Waals surface area contributed by atoms with Gasteiger partial charge >= 0.3 is 0 Å². The van der Waals surface area contributed by atoms with Crippen molar-refractivity contribution in [3.8, 4) is 0 Å². The van der Waals surface area contributed by atoms with Crippen molar-refractivity contribution in [3.63, 3.8) is 0 Å². The Morgan fingerprint density at radius 2 is 1.94 bits per heavy atom. The van der Waals surface area contributed by atoms with Crippen LogP contribution >= 0.6 is 0 Å². The molecule has 0 aliphatic heterocycles. The first-order valence-corrected chi connectivity index (χ1v) is 7.79. The second-order valence-corrected chi connectivity index (χ2v) is 6.91. The van der Waals surface area contributed by atoms with Gasteiger partial charge in [-0.2, -0.15) is 0 Å². The second kappa shape index (κ2) is 6.52. The quantitative estimate of drug-likeness (QED) is 0.735. The highest BCUT2D eigenvalue weighted by Crippen LogP contribution is 2.28. The first-order chi connectivity index (χ1) is 8.01. The maximum absolute atomic E-state index is 12.0. The van der Waals surface area contributed by atoms with Gasteiger partial charge in [0.25, 0.3) is 0 Å². The van der Waals surface area contributed by atoms with Gasteiger partial charge in [0, 0.05) is 19.7 Å². The molecule has 0 aromatic carbocycles. The van der Waals surface area contributed by atoms with Gasteiger partial charge in [-0.05, 0) is 38.0 Å². The fourth-order valence-corrected chi connectivity index (χ4v) is 3.71. The Balaban J connectivity index is 2.53. The zero-order chi connectivity index (χ0) is 12.9. The van der Waals surface area contributed by atoms with Crippen molar-refractivity contribution >= 4 is 10.0 Å². The van der Waals surface area contributed by atoms with Crippen LogP contribution in [0.4, 0.5) is 0 Å². The maximum Gasteiger partial charge on any atom is 0.214 e. The Morgan fingerprint density at radius 3 is 2.41 bits per heavy atom. The summed E-state index contributed by atoms with van der Waals surface area (Å²) in [6.07, 6.45) is 5.68. The predicted molar refractivity (Wildman–Crippen MR) is 69.2 cm³/mol. The van der Waals surface area contributed by atoms with Crippen LogP contribution in [-0.4, -0.2) is 43.3 Å². The van der Waals surface area contributed by atoms with E-state index in [2.05, 4.69) is 6.58 Å². The topological polar surface area (TPSA) is 57.6 Å². The van der Waals surface area contributed by atoms with Crippen molar-refractivity contribution in [2.45, 2.75) is 38.1 Å². The number of rotatable bonds is 6. The van der Waals surface area contributed by atoms with E-state index in [1.165, 1.54) is 4.31 Å². The van der Waals surface area contributed by atoms with Gasteiger partial charge in [-0.15, -0.1) is 6.58 Å². The van der Waals surface area contributed by atoms with E-state index in [1.54, 1.807) is 13.1 Å². The summed E-state index contributed by atoms with van der Waals surface area (Å²) in [4.78, 5) is 0. The van der Waals surface area contributed by atoms with Gasteiger partial charge in [0.05, 0.1) is 5.75 Å². The van der Waals surface area contributed by atoms with E-state index in [4.69, 9.17) is 5.11 Å². The second-order valence-electron chi connectivity index (χ2n) is 4.77. The molecule has 0 saturated heterocycles. The number of allylic oxidation sites excluding steroid dienone is 1. The SMILES string of the molecule is C=CCCS(=O)(=O)N(C)C1CCC(CO)CC1. The normalized spacial score (nSPS) is 26.1. The third kappa shape index (κ3) is 4.08. The lowest BCUT2D eigenvalue weighted by Crippen LogP contribution is -2.40. The molecule has 1 rings (SSSR count). The van der Waals surface area contributed by atoms with Gasteiger partial charge in [0.2, 0.25) is 10.0 Å². The van der Waals surface area contributed by atoms with Gasteiger partial charge in [0.15, 0.2) is 0 Å². The van der Waals surface area contributed by atoms with E-state index in [1.807, 2.05) is 0 Å². The van der Waals surface area contributed by atoms with Gasteiger partial charge in [-0.25, -0.2) is 12.7 Å². The Labute approximate surface area is 104 Å². The lowest BCUT2D eigenvalue weighted by Gasteiger charge is -2.33. The minimum atomic E-state index is -3.15. The Morgan fingerprint density at radius 1 is 1.35 bits per heavy atom. The highest BCUT2D eigenvalue weighted by atomic mass is 32.2. The minimum absolute atomic E-state index is 0.104. The fourth-order valence-electron chi connectivity index (χ4n) is 2.29. The van der Waals surface area contributed by atoms with Crippen molar-refractivity contribution in [1.29, 1.82) is 0 Å². The van der Waals surface area contributed by atoms with Crippen LogP contribution in [0.2, 0.25) is 0 Å². The first kappa shape index (κ1) is 14.7. The maximum atomic E-state index is 12.0. The zero-order valence-corrected chi connectivity index (χ0v) is 11.3. The zero-order valence-electron chi connectivity index (χ0n) is 10.5. The molecule has 4 nitrogen and oxygen atoms in total. The van der Waals surface area contributed by atoms with Crippen molar-refractivity contribution < 1.29 is 13.5 Å². The molecule has 0 spiro atoms. The third-order valence-corrected chi connectivity index (χ3v) is 5.53. The predicted octanol–water partition coefficient (Wildman–Crippen LogP) is 1.38. The molecular formula is C12H23NO3S. The number of aliphatic hydroxyl groups is 1. The standard InChI is InChI=1S/C12H23NO3S/c1-3-4-9-17(15,16)13(2)12-7-5-11(10-14)6-8-12/h3,11-12,14H,1,4-10H2,2H3. The molecule has 5 heteroatoms. The Hall–Kier alpha value is -0.390. The molecule has 0 amide bonds. The molecule has 1 saturated carbocycles. The van der Waals surface area contributed by atoms with E-state index in [0.29, 0.717) is 12.3 Å². The third-order valence-electron chi connectivity index (χ3n) is 3.61. The smallest absolute Gasteiger partial charge is 0.214 e. The van der Waals surface area contributed by atoms with E-state index in [-0.39, 0.29) is 18.4 Å². The average Bonchev–Trinajstić information content (AvgIpc) is 2.35. The number of hydrogen-bond donors (Lipinski definition) is 1. The van der Waals surface area contributed by atoms with Crippen LogP contribution in [-0.2, 0) is 10.0 Å². The summed E-state index contributed by atoms with van der Waals surface area (Å²) in [5, 5.41) is 9.05. The number of nitrogens with zero attached hydrogens (tertiary/aromatic N) is 1. The number of sulfonamides is 1. The average molecular weight is 261 g/mol. The van der Waals surface area contributed by atoms with E-state index >= 15 is 0 Å². The summed E-state index contributed by atoms with van der Waals surface area (Å²) in [5.41, 5.74) is 0. The molecule has 1 N–H and O–H groups in total. The monoisotopic (exact) mass is 261 g/mol. The molecule has 1 fully saturated rings. The van der Waals surface area contributed by atoms with Crippen LogP contribution < -0.4 is 0 Å². The first-order valence-electron chi connectivity index (χ1n) is 6.18. The molecule has 0 atom stereocenters. The Bertz CT molecular complexity index is 332. The molecule has 17 heavy (non-hydrogen) atoms. The molecule has 0 aromatic rings. The van der Waals surface area contributed by atoms with Gasteiger partial charge in [-0.3, -0.25) is 0 Å². The highest BCUT2D eigenvalue weighted by Gasteiger charge is 2.29. The lowest BCUT2D eigenvalue weighted by atomic mass is 9.87. The van der Waals surface area contributed by atoms with Crippen LogP contribution in [0.5, 0.6) is 0 Å². The molecule has 100 valence electrons. The molecule has 0 radical (unpaired) electrons. The van der Waals surface area contributed by atoms with E-state index in [9.17, 15) is 8.42 Å². The fraction of sp³-hybridized carbons (Fsp3) is 0.833.